The Balaban J connectivity index is 1.89. The number of hydrogen-bond donors (Lipinski definition) is 1. The number of carbonyl (C=O) groups excluding carboxylic acids is 2. The zero-order chi connectivity index (χ0) is 29.4. The lowest BCUT2D eigenvalue weighted by Crippen LogP contribution is -2.36. The van der Waals surface area contributed by atoms with Gasteiger partial charge in [0, 0.05) is 68.6 Å². The van der Waals surface area contributed by atoms with Gasteiger partial charge >= 0.3 is 0 Å². The third-order valence-corrected chi connectivity index (χ3v) is 10.1. The molecule has 1 aliphatic rings. The molecule has 1 N–H and O–H groups in total. The minimum atomic E-state index is -3.95. The van der Waals surface area contributed by atoms with Crippen molar-refractivity contribution >= 4 is 38.2 Å². The molecule has 0 saturated heterocycles. The number of nitrogens with one attached hydrogen (secondary N) is 1. The first-order valence-electron chi connectivity index (χ1n) is 13.4. The summed E-state index contributed by atoms with van der Waals surface area (Å²) in [5, 5.41) is 21.2. The molecule has 1 aromatic heterocycles. The number of rotatable bonds is 12. The maximum Gasteiger partial charge on any atom is 0.257 e. The molecule has 2 heterocycles. The smallest absolute Gasteiger partial charge is 0.257 e. The zero-order valence-electron chi connectivity index (χ0n) is 23.4. The molecule has 2 amide bonds. The molecule has 214 valence electrons. The third-order valence-electron chi connectivity index (χ3n) is 7.01. The summed E-state index contributed by atoms with van der Waals surface area (Å²) in [6.45, 7) is 10.7. The number of hydrogen-bond acceptors (Lipinski definition) is 8. The Morgan fingerprint density at radius 1 is 1.07 bits per heavy atom. The second kappa shape index (κ2) is 13.9. The fourth-order valence-corrected chi connectivity index (χ4v) is 7.35. The first-order chi connectivity index (χ1) is 19.1. The summed E-state index contributed by atoms with van der Waals surface area (Å²) in [5.74, 6) is -0.547. The van der Waals surface area contributed by atoms with Gasteiger partial charge in [-0.15, -0.1) is 11.3 Å². The van der Waals surface area contributed by atoms with Gasteiger partial charge in [-0.2, -0.15) is 14.8 Å². The number of nitrogens with zero attached hydrogens (tertiary/aromatic N) is 5. The molecule has 0 fully saturated rings. The summed E-state index contributed by atoms with van der Waals surface area (Å²) in [4.78, 5) is 31.9. The zero-order valence-corrected chi connectivity index (χ0v) is 25.1. The molecule has 0 unspecified atom stereocenters. The van der Waals surface area contributed by atoms with Crippen molar-refractivity contribution < 1.29 is 18.0 Å². The van der Waals surface area contributed by atoms with Crippen molar-refractivity contribution in [2.24, 2.45) is 0 Å². The van der Waals surface area contributed by atoms with Crippen LogP contribution < -0.4 is 5.32 Å². The fourth-order valence-electron chi connectivity index (χ4n) is 4.65. The Kier molecular flexibility index (Phi) is 10.8. The van der Waals surface area contributed by atoms with E-state index >= 15 is 0 Å². The maximum absolute atomic E-state index is 13.5. The molecule has 0 atom stereocenters. The molecule has 0 aliphatic carbocycles. The molecule has 1 aromatic carbocycles. The monoisotopic (exact) mass is 584 g/mol. The molecule has 0 bridgehead atoms. The molecule has 12 heteroatoms. The minimum absolute atomic E-state index is 0.000584. The number of carbonyl (C=O) groups is 2. The molecule has 0 spiro atoms. The number of benzene rings is 1. The lowest BCUT2D eigenvalue weighted by atomic mass is 10.0. The van der Waals surface area contributed by atoms with Crippen LogP contribution in [0.1, 0.15) is 71.7 Å². The fraction of sp³-hybridized carbons (Fsp3) is 0.500. The second-order valence-electron chi connectivity index (χ2n) is 9.70. The quantitative estimate of drug-likeness (QED) is 0.397. The predicted octanol–water partition coefficient (Wildman–Crippen LogP) is 4.07. The topological polar surface area (TPSA) is 138 Å². The summed E-state index contributed by atoms with van der Waals surface area (Å²) in [6, 6.07) is 9.76. The number of nitriles is 2. The lowest BCUT2D eigenvalue weighted by Gasteiger charge is -2.30. The summed E-state index contributed by atoms with van der Waals surface area (Å²) in [5.41, 5.74) is 1.78. The molecule has 3 rings (SSSR count). The Morgan fingerprint density at radius 3 is 2.20 bits per heavy atom. The van der Waals surface area contributed by atoms with Gasteiger partial charge in [-0.05, 0) is 63.9 Å². The number of amides is 2. The first-order valence-corrected chi connectivity index (χ1v) is 15.7. The van der Waals surface area contributed by atoms with Crippen LogP contribution in [0.5, 0.6) is 0 Å². The van der Waals surface area contributed by atoms with Crippen LogP contribution in [-0.4, -0.2) is 73.1 Å². The molecule has 2 aromatic rings. The van der Waals surface area contributed by atoms with Crippen LogP contribution in [0.15, 0.2) is 29.2 Å². The van der Waals surface area contributed by atoms with Gasteiger partial charge in [-0.1, -0.05) is 0 Å². The van der Waals surface area contributed by atoms with Gasteiger partial charge in [0.25, 0.3) is 11.8 Å². The lowest BCUT2D eigenvalue weighted by molar-refractivity contribution is 0.0772. The van der Waals surface area contributed by atoms with Crippen molar-refractivity contribution in [1.29, 1.82) is 10.5 Å². The third kappa shape index (κ3) is 6.88. The Labute approximate surface area is 240 Å². The summed E-state index contributed by atoms with van der Waals surface area (Å²) < 4.78 is 27.3. The largest absolute Gasteiger partial charge is 0.339 e. The van der Waals surface area contributed by atoms with Crippen molar-refractivity contribution in [3.8, 4) is 12.1 Å². The van der Waals surface area contributed by atoms with E-state index in [1.165, 1.54) is 35.6 Å². The van der Waals surface area contributed by atoms with Gasteiger partial charge in [0.2, 0.25) is 10.0 Å². The molecule has 0 saturated carbocycles. The van der Waals surface area contributed by atoms with Crippen LogP contribution in [-0.2, 0) is 23.0 Å². The average Bonchev–Trinajstić information content (AvgIpc) is 3.30. The summed E-state index contributed by atoms with van der Waals surface area (Å²) >= 11 is 1.42. The van der Waals surface area contributed by atoms with Crippen molar-refractivity contribution in [2.75, 3.05) is 38.0 Å². The minimum Gasteiger partial charge on any atom is -0.339 e. The maximum atomic E-state index is 13.5. The highest BCUT2D eigenvalue weighted by Crippen LogP contribution is 2.38. The molecular formula is C28H36N6O4S2. The van der Waals surface area contributed by atoms with Crippen molar-refractivity contribution in [1.82, 2.24) is 14.1 Å². The summed E-state index contributed by atoms with van der Waals surface area (Å²) in [7, 11) is -3.95. The van der Waals surface area contributed by atoms with Gasteiger partial charge in [-0.3, -0.25) is 14.5 Å². The molecule has 40 heavy (non-hydrogen) atoms. The van der Waals surface area contributed by atoms with E-state index in [-0.39, 0.29) is 42.3 Å². The van der Waals surface area contributed by atoms with E-state index in [4.69, 9.17) is 10.5 Å². The highest BCUT2D eigenvalue weighted by Gasteiger charge is 2.31. The standard InChI is InChI=1S/C28H36N6O4S2/c1-5-32(6-2)28(36)25-23-13-18-33(20(3)4)19-24(23)39-27(25)31-26(35)21-9-11-22(12-10-21)40(37,38)34(16-7-14-29)17-8-15-30/h9-12,20H,5-8,13,16-19H2,1-4H3,(H,31,35). The SMILES string of the molecule is CCN(CC)C(=O)c1c(NC(=O)c2ccc(S(=O)(=O)N(CCC#N)CCC#N)cc2)sc2c1CCN(C(C)C)C2. The Morgan fingerprint density at radius 2 is 1.68 bits per heavy atom. The van der Waals surface area contributed by atoms with Gasteiger partial charge in [-0.25, -0.2) is 8.42 Å². The van der Waals surface area contributed by atoms with Gasteiger partial charge in [0.1, 0.15) is 5.00 Å². The van der Waals surface area contributed by atoms with Crippen molar-refractivity contribution in [2.45, 2.75) is 64.4 Å². The van der Waals surface area contributed by atoms with E-state index in [1.807, 2.05) is 26.0 Å². The van der Waals surface area contributed by atoms with Crippen molar-refractivity contribution in [3.05, 3.63) is 45.8 Å². The van der Waals surface area contributed by atoms with Gasteiger partial charge in [0.15, 0.2) is 0 Å². The highest BCUT2D eigenvalue weighted by molar-refractivity contribution is 7.89. The molecule has 1 aliphatic heterocycles. The van der Waals surface area contributed by atoms with Crippen LogP contribution in [0.25, 0.3) is 0 Å². The van der Waals surface area contributed by atoms with Gasteiger partial charge in [0.05, 0.1) is 22.6 Å². The number of thiophene rings is 1. The van der Waals surface area contributed by atoms with E-state index in [0.29, 0.717) is 36.2 Å². The summed E-state index contributed by atoms with van der Waals surface area (Å²) in [6.07, 6.45) is 0.724. The Bertz CT molecular complexity index is 1380. The van der Waals surface area contributed by atoms with E-state index in [2.05, 4.69) is 24.1 Å². The highest BCUT2D eigenvalue weighted by atomic mass is 32.2. The van der Waals surface area contributed by atoms with E-state index in [9.17, 15) is 18.0 Å². The van der Waals surface area contributed by atoms with Crippen LogP contribution in [0, 0.1) is 22.7 Å². The Hall–Kier alpha value is -3.29. The van der Waals surface area contributed by atoms with Crippen molar-refractivity contribution in [3.63, 3.8) is 0 Å². The van der Waals surface area contributed by atoms with E-state index < -0.39 is 15.9 Å². The molecule has 10 nitrogen and oxygen atoms in total. The first kappa shape index (κ1) is 31.2. The van der Waals surface area contributed by atoms with Crippen LogP contribution in [0.4, 0.5) is 5.00 Å². The van der Waals surface area contributed by atoms with E-state index in [1.54, 1.807) is 4.90 Å². The number of fused-ring (bicyclic) bond motifs is 1. The van der Waals surface area contributed by atoms with Crippen LogP contribution in [0.3, 0.4) is 0 Å². The van der Waals surface area contributed by atoms with Crippen LogP contribution in [0.2, 0.25) is 0 Å². The molecule has 0 radical (unpaired) electrons. The van der Waals surface area contributed by atoms with Gasteiger partial charge < -0.3 is 10.2 Å². The normalized spacial score (nSPS) is 13.5. The average molecular weight is 585 g/mol. The number of sulfonamides is 1. The number of anilines is 1. The second-order valence-corrected chi connectivity index (χ2v) is 12.7. The molecular weight excluding hydrogens is 548 g/mol. The predicted molar refractivity (Wildman–Crippen MR) is 154 cm³/mol. The van der Waals surface area contributed by atoms with E-state index in [0.717, 1.165) is 27.7 Å². The van der Waals surface area contributed by atoms with Crippen LogP contribution >= 0.6 is 11.3 Å².